The monoisotopic (exact) mass is 699 g/mol. The molecule has 254 valence electrons. The van der Waals surface area contributed by atoms with Gasteiger partial charge in [0.05, 0.1) is 56.4 Å². The third-order valence-electron chi connectivity index (χ3n) is 11.1. The van der Waals surface area contributed by atoms with Crippen LogP contribution >= 0.6 is 0 Å². The van der Waals surface area contributed by atoms with E-state index in [-0.39, 0.29) is 0 Å². The summed E-state index contributed by atoms with van der Waals surface area (Å²) in [6.45, 7) is 0. The maximum Gasteiger partial charge on any atom is 0.0998 e. The number of rotatable bonds is 4. The number of hydrogen-bond acceptors (Lipinski definition) is 2. The van der Waals surface area contributed by atoms with Crippen LogP contribution in [0.4, 0.5) is 0 Å². The van der Waals surface area contributed by atoms with Crippen LogP contribution in [0, 0.1) is 22.7 Å². The largest absolute Gasteiger partial charge is 0.309 e. The van der Waals surface area contributed by atoms with Crippen LogP contribution in [-0.4, -0.2) is 13.7 Å². The predicted molar refractivity (Wildman–Crippen MR) is 224 cm³/mol. The van der Waals surface area contributed by atoms with E-state index in [1.807, 2.05) is 24.3 Å². The van der Waals surface area contributed by atoms with Gasteiger partial charge in [0, 0.05) is 49.4 Å². The molecule has 0 amide bonds. The number of fused-ring (bicyclic) bond motifs is 9. The predicted octanol–water partition coefficient (Wildman–Crippen LogP) is 12.4. The summed E-state index contributed by atoms with van der Waals surface area (Å²) in [6.07, 6.45) is 0. The molecular weight excluding hydrogens is 671 g/mol. The smallest absolute Gasteiger partial charge is 0.0998 e. The molecule has 0 radical (unpaired) electrons. The zero-order chi connectivity index (χ0) is 36.6. The molecule has 3 heterocycles. The van der Waals surface area contributed by atoms with Gasteiger partial charge in [0.15, 0.2) is 0 Å². The number of hydrogen-bond donors (Lipinski definition) is 0. The van der Waals surface area contributed by atoms with Gasteiger partial charge >= 0.3 is 0 Å². The normalized spacial score (nSPS) is 11.6. The van der Waals surface area contributed by atoms with Gasteiger partial charge < -0.3 is 13.7 Å². The third kappa shape index (κ3) is 4.51. The highest BCUT2D eigenvalue weighted by Gasteiger charge is 2.19. The molecule has 0 unspecified atom stereocenters. The molecule has 0 atom stereocenters. The molecule has 3 aromatic heterocycles. The van der Waals surface area contributed by atoms with Crippen LogP contribution in [0.15, 0.2) is 176 Å². The van der Waals surface area contributed by atoms with Crippen LogP contribution < -0.4 is 0 Å². The van der Waals surface area contributed by atoms with Crippen molar-refractivity contribution in [3.8, 4) is 40.3 Å². The van der Waals surface area contributed by atoms with E-state index in [4.69, 9.17) is 0 Å². The van der Waals surface area contributed by atoms with Crippen LogP contribution in [0.5, 0.6) is 0 Å². The Labute approximate surface area is 316 Å². The summed E-state index contributed by atoms with van der Waals surface area (Å²) >= 11 is 0. The standard InChI is InChI=1S/C50H29N5/c51-30-32-20-25-49-44(26-32)43-24-22-37(54-47-18-7-3-14-41(47)42-15-4-8-19-48(42)54)29-50(43)55(49)35-11-9-10-33(27-35)38-23-21-36(28-34(38)31-52)53-45-16-5-1-12-39(45)40-13-2-6-17-46(40)53/h1-29H. The average molecular weight is 700 g/mol. The first kappa shape index (κ1) is 30.7. The minimum absolute atomic E-state index is 0.603. The molecule has 55 heavy (non-hydrogen) atoms. The molecule has 0 N–H and O–H groups in total. The molecule has 0 fully saturated rings. The zero-order valence-corrected chi connectivity index (χ0v) is 29.5. The molecule has 0 aliphatic heterocycles. The highest BCUT2D eigenvalue weighted by atomic mass is 15.0. The Bertz CT molecular complexity index is 3360. The summed E-state index contributed by atoms with van der Waals surface area (Å²) in [5.74, 6) is 0. The summed E-state index contributed by atoms with van der Waals surface area (Å²) in [5, 5.41) is 27.3. The SMILES string of the molecule is N#Cc1ccc2c(c1)c1ccc(-n3c4ccccc4c4ccccc43)cc1n2-c1cccc(-c2ccc(-n3c4ccccc4c4ccccc43)cc2C#N)c1. The van der Waals surface area contributed by atoms with E-state index in [9.17, 15) is 10.5 Å². The van der Waals surface area contributed by atoms with Crippen LogP contribution in [-0.2, 0) is 0 Å². The highest BCUT2D eigenvalue weighted by molar-refractivity contribution is 6.12. The second-order valence-corrected chi connectivity index (χ2v) is 14.0. The second kappa shape index (κ2) is 11.8. The van der Waals surface area contributed by atoms with E-state index in [1.54, 1.807) is 0 Å². The Balaban J connectivity index is 1.11. The Hall–Kier alpha value is -7.86. The number of nitrogens with zero attached hydrogens (tertiary/aromatic N) is 5. The lowest BCUT2D eigenvalue weighted by atomic mass is 9.99. The molecule has 0 aliphatic carbocycles. The zero-order valence-electron chi connectivity index (χ0n) is 29.5. The third-order valence-corrected chi connectivity index (χ3v) is 11.1. The van der Waals surface area contributed by atoms with Gasteiger partial charge in [-0.2, -0.15) is 10.5 Å². The first-order chi connectivity index (χ1) is 27.2. The van der Waals surface area contributed by atoms with E-state index in [2.05, 4.69) is 177 Å². The summed E-state index contributed by atoms with van der Waals surface area (Å²) < 4.78 is 6.86. The number of benzene rings is 8. The molecule has 0 saturated carbocycles. The molecule has 0 bridgehead atoms. The quantitative estimate of drug-likeness (QED) is 0.184. The van der Waals surface area contributed by atoms with Crippen molar-refractivity contribution in [2.24, 2.45) is 0 Å². The van der Waals surface area contributed by atoms with Gasteiger partial charge in [-0.3, -0.25) is 0 Å². The lowest BCUT2D eigenvalue weighted by Crippen LogP contribution is -1.98. The Morgan fingerprint density at radius 2 is 0.818 bits per heavy atom. The fraction of sp³-hybridized carbons (Fsp3) is 0. The summed E-state index contributed by atoms with van der Waals surface area (Å²) in [4.78, 5) is 0. The Kier molecular flexibility index (Phi) is 6.61. The average Bonchev–Trinajstić information content (AvgIpc) is 3.88. The Morgan fingerprint density at radius 3 is 1.40 bits per heavy atom. The number of aromatic nitrogens is 3. The lowest BCUT2D eigenvalue weighted by molar-refractivity contribution is 1.15. The molecule has 0 aliphatic rings. The summed E-state index contributed by atoms with van der Waals surface area (Å²) in [6, 6.07) is 65.9. The van der Waals surface area contributed by atoms with Crippen molar-refractivity contribution >= 4 is 65.4 Å². The molecule has 5 nitrogen and oxygen atoms in total. The van der Waals surface area contributed by atoms with E-state index >= 15 is 0 Å². The molecule has 11 aromatic rings. The van der Waals surface area contributed by atoms with Gasteiger partial charge in [0.2, 0.25) is 0 Å². The summed E-state index contributed by atoms with van der Waals surface area (Å²) in [7, 11) is 0. The van der Waals surface area contributed by atoms with Gasteiger partial charge in [-0.15, -0.1) is 0 Å². The van der Waals surface area contributed by atoms with Gasteiger partial charge in [0.1, 0.15) is 0 Å². The van der Waals surface area contributed by atoms with E-state index in [1.165, 1.54) is 21.5 Å². The van der Waals surface area contributed by atoms with Crippen LogP contribution in [0.3, 0.4) is 0 Å². The van der Waals surface area contributed by atoms with Crippen LogP contribution in [0.1, 0.15) is 11.1 Å². The first-order valence-electron chi connectivity index (χ1n) is 18.3. The minimum atomic E-state index is 0.603. The van der Waals surface area contributed by atoms with E-state index in [0.717, 1.165) is 72.1 Å². The van der Waals surface area contributed by atoms with Crippen molar-refractivity contribution in [3.63, 3.8) is 0 Å². The summed E-state index contributed by atoms with van der Waals surface area (Å²) in [5.41, 5.74) is 12.5. The lowest BCUT2D eigenvalue weighted by Gasteiger charge is -2.14. The topological polar surface area (TPSA) is 62.4 Å². The van der Waals surface area contributed by atoms with Gasteiger partial charge in [-0.25, -0.2) is 0 Å². The van der Waals surface area contributed by atoms with Crippen LogP contribution in [0.25, 0.3) is 93.6 Å². The minimum Gasteiger partial charge on any atom is -0.309 e. The van der Waals surface area contributed by atoms with Crippen molar-refractivity contribution in [2.75, 3.05) is 0 Å². The van der Waals surface area contributed by atoms with Gasteiger partial charge in [-0.1, -0.05) is 97.1 Å². The molecule has 0 spiro atoms. The van der Waals surface area contributed by atoms with Crippen molar-refractivity contribution < 1.29 is 0 Å². The van der Waals surface area contributed by atoms with E-state index < -0.39 is 0 Å². The van der Waals surface area contributed by atoms with Gasteiger partial charge in [0.25, 0.3) is 0 Å². The Morgan fingerprint density at radius 1 is 0.327 bits per heavy atom. The maximum absolute atomic E-state index is 10.6. The molecule has 0 saturated heterocycles. The number of para-hydroxylation sites is 4. The van der Waals surface area contributed by atoms with Crippen LogP contribution in [0.2, 0.25) is 0 Å². The fourth-order valence-corrected chi connectivity index (χ4v) is 8.73. The second-order valence-electron chi connectivity index (χ2n) is 14.0. The molecule has 11 rings (SSSR count). The van der Waals surface area contributed by atoms with Crippen molar-refractivity contribution in [1.29, 1.82) is 10.5 Å². The van der Waals surface area contributed by atoms with Gasteiger partial charge in [-0.05, 0) is 90.0 Å². The van der Waals surface area contributed by atoms with E-state index in [0.29, 0.717) is 11.1 Å². The van der Waals surface area contributed by atoms with Crippen molar-refractivity contribution in [2.45, 2.75) is 0 Å². The molecule has 8 aromatic carbocycles. The number of nitriles is 2. The molecular formula is C50H29N5. The fourth-order valence-electron chi connectivity index (χ4n) is 8.73. The first-order valence-corrected chi connectivity index (χ1v) is 18.3. The maximum atomic E-state index is 10.6. The van der Waals surface area contributed by atoms with Crippen molar-refractivity contribution in [3.05, 3.63) is 187 Å². The highest BCUT2D eigenvalue weighted by Crippen LogP contribution is 2.39. The molecule has 5 heteroatoms. The van der Waals surface area contributed by atoms with Crippen molar-refractivity contribution in [1.82, 2.24) is 13.7 Å².